The van der Waals surface area contributed by atoms with Crippen molar-refractivity contribution in [1.82, 2.24) is 0 Å². The highest BCUT2D eigenvalue weighted by atomic mass is 35.5. The van der Waals surface area contributed by atoms with Crippen molar-refractivity contribution in [3.8, 4) is 0 Å². The lowest BCUT2D eigenvalue weighted by molar-refractivity contribution is -0.384. The van der Waals surface area contributed by atoms with Crippen LogP contribution in [0.2, 0.25) is 5.02 Å². The van der Waals surface area contributed by atoms with Crippen LogP contribution in [0.3, 0.4) is 0 Å². The van der Waals surface area contributed by atoms with Gasteiger partial charge in [0.15, 0.2) is 0 Å². The van der Waals surface area contributed by atoms with Crippen molar-refractivity contribution in [2.75, 3.05) is 9.91 Å². The molecule has 2 amide bonds. The predicted molar refractivity (Wildman–Crippen MR) is 125 cm³/mol. The number of benzene rings is 3. The summed E-state index contributed by atoms with van der Waals surface area (Å²) < 4.78 is 0. The Morgan fingerprint density at radius 2 is 1.56 bits per heavy atom. The van der Waals surface area contributed by atoms with E-state index in [-0.39, 0.29) is 22.1 Å². The number of nitro groups is 1. The molecule has 2 aliphatic rings. The summed E-state index contributed by atoms with van der Waals surface area (Å²) in [6, 6.07) is 19.0. The van der Waals surface area contributed by atoms with E-state index >= 15 is 0 Å². The first-order valence-corrected chi connectivity index (χ1v) is 10.6. The van der Waals surface area contributed by atoms with Gasteiger partial charge in [-0.25, -0.2) is 4.90 Å². The third-order valence-electron chi connectivity index (χ3n) is 5.74. The molecule has 1 saturated heterocycles. The van der Waals surface area contributed by atoms with Crippen LogP contribution in [0.1, 0.15) is 10.4 Å². The number of halogens is 1. The van der Waals surface area contributed by atoms with Crippen LogP contribution in [0.15, 0.2) is 84.0 Å². The van der Waals surface area contributed by atoms with Gasteiger partial charge in [0, 0.05) is 17.7 Å². The minimum absolute atomic E-state index is 0.0811. The maximum Gasteiger partial charge on any atom is 0.269 e. The Morgan fingerprint density at radius 1 is 0.912 bits per heavy atom. The normalized spacial score (nSPS) is 19.3. The van der Waals surface area contributed by atoms with E-state index in [0.29, 0.717) is 11.3 Å². The summed E-state index contributed by atoms with van der Waals surface area (Å²) >= 11 is 6.27. The molecule has 0 radical (unpaired) electrons. The molecule has 9 nitrogen and oxygen atoms in total. The highest BCUT2D eigenvalue weighted by Crippen LogP contribution is 2.40. The topological polar surface area (TPSA) is 113 Å². The van der Waals surface area contributed by atoms with E-state index in [1.807, 2.05) is 0 Å². The molecule has 0 bridgehead atoms. The van der Waals surface area contributed by atoms with E-state index in [9.17, 15) is 24.5 Å². The maximum absolute atomic E-state index is 13.5. The summed E-state index contributed by atoms with van der Waals surface area (Å²) in [4.78, 5) is 51.8. The summed E-state index contributed by atoms with van der Waals surface area (Å²) in [5.74, 6) is -2.86. The molecule has 1 fully saturated rings. The number of non-ortho nitro benzene ring substituents is 1. The number of anilines is 2. The summed E-state index contributed by atoms with van der Waals surface area (Å²) in [5.41, 5.74) is 0.641. The highest BCUT2D eigenvalue weighted by molar-refractivity contribution is 6.53. The molecule has 2 unspecified atom stereocenters. The van der Waals surface area contributed by atoms with Crippen LogP contribution in [0.25, 0.3) is 0 Å². The Kier molecular flexibility index (Phi) is 5.18. The second-order valence-electron chi connectivity index (χ2n) is 7.68. The van der Waals surface area contributed by atoms with Gasteiger partial charge >= 0.3 is 0 Å². The van der Waals surface area contributed by atoms with Gasteiger partial charge in [-0.05, 0) is 24.3 Å². The smallest absolute Gasteiger partial charge is 0.269 e. The molecular weight excluding hydrogens is 460 g/mol. The van der Waals surface area contributed by atoms with E-state index in [2.05, 4.69) is 5.10 Å². The van der Waals surface area contributed by atoms with Crippen molar-refractivity contribution in [2.24, 2.45) is 11.0 Å². The predicted octanol–water partition coefficient (Wildman–Crippen LogP) is 3.87. The zero-order valence-corrected chi connectivity index (χ0v) is 18.1. The molecule has 0 N–H and O–H groups in total. The quantitative estimate of drug-likeness (QED) is 0.240. The van der Waals surface area contributed by atoms with Crippen LogP contribution in [-0.4, -0.2) is 34.3 Å². The molecule has 168 valence electrons. The Labute approximate surface area is 198 Å². The van der Waals surface area contributed by atoms with Crippen LogP contribution in [0.4, 0.5) is 17.1 Å². The minimum atomic E-state index is -1.16. The van der Waals surface area contributed by atoms with E-state index in [1.165, 1.54) is 29.3 Å². The third-order valence-corrected chi connectivity index (χ3v) is 6.06. The number of ketones is 1. The number of carbonyl (C=O) groups is 3. The summed E-state index contributed by atoms with van der Waals surface area (Å²) in [6.07, 6.45) is 0. The number of carbonyl (C=O) groups excluding carboxylic acids is 3. The van der Waals surface area contributed by atoms with Crippen LogP contribution < -0.4 is 9.91 Å². The van der Waals surface area contributed by atoms with Crippen LogP contribution in [-0.2, 0) is 9.59 Å². The first-order chi connectivity index (χ1) is 16.4. The Hall–Kier alpha value is -4.37. The van der Waals surface area contributed by atoms with Gasteiger partial charge < -0.3 is 0 Å². The molecule has 3 aromatic carbocycles. The number of nitro benzene ring substituents is 1. The second-order valence-corrected chi connectivity index (χ2v) is 8.09. The van der Waals surface area contributed by atoms with Crippen molar-refractivity contribution in [3.63, 3.8) is 0 Å². The summed E-state index contributed by atoms with van der Waals surface area (Å²) in [5, 5.41) is 16.9. The first kappa shape index (κ1) is 21.5. The fraction of sp³-hybridized carbons (Fsp3) is 0.0833. The fourth-order valence-corrected chi connectivity index (χ4v) is 4.37. The van der Waals surface area contributed by atoms with Crippen molar-refractivity contribution < 1.29 is 19.3 Å². The van der Waals surface area contributed by atoms with Gasteiger partial charge in [-0.2, -0.15) is 5.10 Å². The lowest BCUT2D eigenvalue weighted by Gasteiger charge is -2.22. The van der Waals surface area contributed by atoms with Gasteiger partial charge in [-0.15, -0.1) is 0 Å². The number of fused-ring (bicyclic) bond motifs is 1. The largest absolute Gasteiger partial charge is 0.287 e. The zero-order chi connectivity index (χ0) is 24.0. The molecule has 2 heterocycles. The number of para-hydroxylation sites is 1. The number of rotatable bonds is 5. The van der Waals surface area contributed by atoms with Crippen LogP contribution in [0.5, 0.6) is 0 Å². The number of Topliss-reactive ketones (excluding diaryl/α,β-unsaturated/α-hetero) is 1. The molecule has 0 saturated carbocycles. The molecule has 10 heteroatoms. The van der Waals surface area contributed by atoms with Gasteiger partial charge in [0.1, 0.15) is 17.7 Å². The molecule has 2 atom stereocenters. The molecule has 2 aliphatic heterocycles. The standard InChI is InChI=1S/C24H15ClN4O5/c25-17-8-4-5-9-18(17)27-23(31)19-20(22(30)14-6-2-1-3-7-14)26-28(21(19)24(27)32)15-10-12-16(13-11-15)29(33)34/h1-13,19,21H. The lowest BCUT2D eigenvalue weighted by Crippen LogP contribution is -2.39. The average molecular weight is 475 g/mol. The van der Waals surface area contributed by atoms with E-state index in [1.54, 1.807) is 54.6 Å². The monoisotopic (exact) mass is 474 g/mol. The lowest BCUT2D eigenvalue weighted by atomic mass is 9.92. The molecule has 0 aromatic heterocycles. The molecule has 3 aromatic rings. The molecular formula is C24H15ClN4O5. The second kappa shape index (κ2) is 8.20. The number of hydrazone groups is 1. The van der Waals surface area contributed by atoms with E-state index < -0.39 is 34.5 Å². The SMILES string of the molecule is O=C(C1=NN(c2ccc([N+](=O)[O-])cc2)C2C(=O)N(c3ccccc3Cl)C(=O)C12)c1ccccc1. The molecule has 0 spiro atoms. The Bertz CT molecular complexity index is 1370. The number of nitrogens with zero attached hydrogens (tertiary/aromatic N) is 4. The minimum Gasteiger partial charge on any atom is -0.287 e. The number of hydrogen-bond acceptors (Lipinski definition) is 7. The van der Waals surface area contributed by atoms with Gasteiger partial charge in [-0.3, -0.25) is 29.5 Å². The van der Waals surface area contributed by atoms with E-state index in [0.717, 1.165) is 4.90 Å². The van der Waals surface area contributed by atoms with Gasteiger partial charge in [-0.1, -0.05) is 54.1 Å². The Morgan fingerprint density at radius 3 is 2.21 bits per heavy atom. The van der Waals surface area contributed by atoms with Crippen molar-refractivity contribution in [1.29, 1.82) is 0 Å². The van der Waals surface area contributed by atoms with Gasteiger partial charge in [0.05, 0.1) is 21.3 Å². The fourth-order valence-electron chi connectivity index (χ4n) is 4.15. The number of imide groups is 1. The summed E-state index contributed by atoms with van der Waals surface area (Å²) in [6.45, 7) is 0. The van der Waals surface area contributed by atoms with Crippen molar-refractivity contribution in [3.05, 3.63) is 99.6 Å². The third kappa shape index (κ3) is 3.34. The molecule has 5 rings (SSSR count). The Balaban J connectivity index is 1.62. The van der Waals surface area contributed by atoms with Gasteiger partial charge in [0.2, 0.25) is 11.7 Å². The first-order valence-electron chi connectivity index (χ1n) is 10.2. The molecule has 34 heavy (non-hydrogen) atoms. The average Bonchev–Trinajstić information content (AvgIpc) is 3.36. The maximum atomic E-state index is 13.5. The molecule has 0 aliphatic carbocycles. The van der Waals surface area contributed by atoms with Crippen LogP contribution in [0, 0.1) is 16.0 Å². The number of amides is 2. The van der Waals surface area contributed by atoms with Crippen molar-refractivity contribution in [2.45, 2.75) is 6.04 Å². The van der Waals surface area contributed by atoms with Crippen LogP contribution >= 0.6 is 11.6 Å². The van der Waals surface area contributed by atoms with E-state index in [4.69, 9.17) is 11.6 Å². The summed E-state index contributed by atoms with van der Waals surface area (Å²) in [7, 11) is 0. The van der Waals surface area contributed by atoms with Gasteiger partial charge in [0.25, 0.3) is 11.6 Å². The zero-order valence-electron chi connectivity index (χ0n) is 17.4. The van der Waals surface area contributed by atoms with Crippen molar-refractivity contribution >= 4 is 52.0 Å². The number of hydrogen-bond donors (Lipinski definition) is 0. The highest BCUT2D eigenvalue weighted by Gasteiger charge is 2.58.